The number of carbonyl (C=O) groups excluding carboxylic acids is 2. The maximum absolute atomic E-state index is 12.0. The van der Waals surface area contributed by atoms with Gasteiger partial charge in [-0.3, -0.25) is 4.79 Å². The second kappa shape index (κ2) is 12.5. The van der Waals surface area contributed by atoms with Gasteiger partial charge < -0.3 is 23.4 Å². The summed E-state index contributed by atoms with van der Waals surface area (Å²) in [6.45, 7) is 2.03. The van der Waals surface area contributed by atoms with E-state index in [9.17, 15) is 9.59 Å². The predicted octanol–water partition coefficient (Wildman–Crippen LogP) is 3.44. The SMILES string of the molecule is CCOc1cc(/C=N/NC(=O)COc2ccccc2C#N)ccc1OCc1ccc(C(=O)OC)o1. The van der Waals surface area contributed by atoms with Gasteiger partial charge in [-0.05, 0) is 55.0 Å². The van der Waals surface area contributed by atoms with Gasteiger partial charge in [0.2, 0.25) is 5.76 Å². The first kappa shape index (κ1) is 24.9. The van der Waals surface area contributed by atoms with E-state index in [1.807, 2.05) is 13.0 Å². The highest BCUT2D eigenvalue weighted by molar-refractivity contribution is 5.86. The molecule has 3 rings (SSSR count). The highest BCUT2D eigenvalue weighted by atomic mass is 16.5. The Morgan fingerprint density at radius 1 is 1.06 bits per heavy atom. The molecule has 0 saturated heterocycles. The number of methoxy groups -OCH3 is 1. The van der Waals surface area contributed by atoms with Gasteiger partial charge in [0.15, 0.2) is 18.1 Å². The van der Waals surface area contributed by atoms with Crippen LogP contribution in [0.2, 0.25) is 0 Å². The van der Waals surface area contributed by atoms with Crippen molar-refractivity contribution in [1.82, 2.24) is 5.43 Å². The third kappa shape index (κ3) is 7.10. The number of carbonyl (C=O) groups is 2. The Hall–Kier alpha value is -4.78. The molecule has 3 aromatic rings. The van der Waals surface area contributed by atoms with Crippen molar-refractivity contribution >= 4 is 18.1 Å². The van der Waals surface area contributed by atoms with Gasteiger partial charge >= 0.3 is 5.97 Å². The van der Waals surface area contributed by atoms with E-state index in [0.29, 0.717) is 40.7 Å². The average molecular weight is 477 g/mol. The minimum Gasteiger partial charge on any atom is -0.490 e. The molecule has 35 heavy (non-hydrogen) atoms. The number of benzene rings is 2. The van der Waals surface area contributed by atoms with Crippen LogP contribution in [-0.2, 0) is 16.1 Å². The van der Waals surface area contributed by atoms with E-state index < -0.39 is 11.9 Å². The molecule has 0 aliphatic rings. The summed E-state index contributed by atoms with van der Waals surface area (Å²) in [7, 11) is 1.27. The number of rotatable bonds is 11. The number of esters is 1. The Labute approximate surface area is 201 Å². The Bertz CT molecular complexity index is 1240. The molecule has 1 heterocycles. The second-order valence-corrected chi connectivity index (χ2v) is 6.88. The molecule has 0 aliphatic heterocycles. The molecule has 1 N–H and O–H groups in total. The lowest BCUT2D eigenvalue weighted by Crippen LogP contribution is -2.24. The first-order valence-electron chi connectivity index (χ1n) is 10.5. The number of hydrogen-bond acceptors (Lipinski definition) is 9. The molecule has 180 valence electrons. The van der Waals surface area contributed by atoms with E-state index in [1.165, 1.54) is 19.4 Å². The van der Waals surface area contributed by atoms with Crippen LogP contribution in [0.25, 0.3) is 0 Å². The minimum absolute atomic E-state index is 0.0789. The van der Waals surface area contributed by atoms with Crippen LogP contribution in [0, 0.1) is 11.3 Å². The molecular weight excluding hydrogens is 454 g/mol. The van der Waals surface area contributed by atoms with E-state index in [-0.39, 0.29) is 19.0 Å². The van der Waals surface area contributed by atoms with Gasteiger partial charge in [0, 0.05) is 0 Å². The minimum atomic E-state index is -0.569. The number of nitrogens with zero attached hydrogens (tertiary/aromatic N) is 2. The Balaban J connectivity index is 1.56. The predicted molar refractivity (Wildman–Crippen MR) is 124 cm³/mol. The zero-order chi connectivity index (χ0) is 25.0. The van der Waals surface area contributed by atoms with Crippen molar-refractivity contribution in [2.24, 2.45) is 5.10 Å². The topological polar surface area (TPSA) is 132 Å². The van der Waals surface area contributed by atoms with Gasteiger partial charge in [-0.25, -0.2) is 10.2 Å². The largest absolute Gasteiger partial charge is 0.490 e. The summed E-state index contributed by atoms with van der Waals surface area (Å²) in [5, 5.41) is 13.0. The van der Waals surface area contributed by atoms with Crippen molar-refractivity contribution < 1.29 is 33.0 Å². The summed E-state index contributed by atoms with van der Waals surface area (Å²) in [5.74, 6) is 0.740. The molecule has 10 heteroatoms. The number of furan rings is 1. The fraction of sp³-hybridized carbons (Fsp3) is 0.200. The van der Waals surface area contributed by atoms with E-state index in [1.54, 1.807) is 48.5 Å². The number of ether oxygens (including phenoxy) is 4. The molecule has 0 saturated carbocycles. The summed E-state index contributed by atoms with van der Waals surface area (Å²) in [6, 6.07) is 16.9. The molecule has 0 fully saturated rings. The monoisotopic (exact) mass is 477 g/mol. The van der Waals surface area contributed by atoms with Crippen molar-refractivity contribution in [1.29, 1.82) is 5.26 Å². The van der Waals surface area contributed by atoms with Gasteiger partial charge in [0.05, 0.1) is 25.5 Å². The summed E-state index contributed by atoms with van der Waals surface area (Å²) in [4.78, 5) is 23.5. The number of hydrazone groups is 1. The lowest BCUT2D eigenvalue weighted by atomic mass is 10.2. The highest BCUT2D eigenvalue weighted by Crippen LogP contribution is 2.29. The van der Waals surface area contributed by atoms with Crippen LogP contribution < -0.4 is 19.6 Å². The molecule has 2 aromatic carbocycles. The third-order valence-electron chi connectivity index (χ3n) is 4.45. The van der Waals surface area contributed by atoms with Crippen LogP contribution in [-0.4, -0.2) is 38.4 Å². The third-order valence-corrected chi connectivity index (χ3v) is 4.45. The lowest BCUT2D eigenvalue weighted by molar-refractivity contribution is -0.123. The fourth-order valence-corrected chi connectivity index (χ4v) is 2.85. The van der Waals surface area contributed by atoms with E-state index >= 15 is 0 Å². The molecule has 10 nitrogen and oxygen atoms in total. The Morgan fingerprint density at radius 3 is 2.66 bits per heavy atom. The molecule has 1 amide bonds. The van der Waals surface area contributed by atoms with Gasteiger partial charge in [0.1, 0.15) is 24.2 Å². The van der Waals surface area contributed by atoms with Crippen LogP contribution in [0.4, 0.5) is 0 Å². The summed E-state index contributed by atoms with van der Waals surface area (Å²) in [6.07, 6.45) is 1.45. The highest BCUT2D eigenvalue weighted by Gasteiger charge is 2.13. The molecule has 0 radical (unpaired) electrons. The van der Waals surface area contributed by atoms with Crippen LogP contribution >= 0.6 is 0 Å². The number of amides is 1. The van der Waals surface area contributed by atoms with Crippen molar-refractivity contribution in [3.63, 3.8) is 0 Å². The first-order chi connectivity index (χ1) is 17.0. The first-order valence-corrected chi connectivity index (χ1v) is 10.5. The summed E-state index contributed by atoms with van der Waals surface area (Å²) < 4.78 is 26.8. The van der Waals surface area contributed by atoms with Gasteiger partial charge in [-0.1, -0.05) is 12.1 Å². The normalized spacial score (nSPS) is 10.4. The number of hydrogen-bond donors (Lipinski definition) is 1. The van der Waals surface area contributed by atoms with E-state index in [2.05, 4.69) is 15.3 Å². The van der Waals surface area contributed by atoms with Crippen LogP contribution in [0.15, 0.2) is 64.1 Å². The zero-order valence-electron chi connectivity index (χ0n) is 19.1. The Morgan fingerprint density at radius 2 is 1.89 bits per heavy atom. The molecular formula is C25H23N3O7. The molecule has 0 atom stereocenters. The van der Waals surface area contributed by atoms with Crippen molar-refractivity contribution in [2.75, 3.05) is 20.3 Å². The van der Waals surface area contributed by atoms with Gasteiger partial charge in [-0.2, -0.15) is 10.4 Å². The van der Waals surface area contributed by atoms with E-state index in [0.717, 1.165) is 0 Å². The van der Waals surface area contributed by atoms with Crippen LogP contribution in [0.3, 0.4) is 0 Å². The second-order valence-electron chi connectivity index (χ2n) is 6.88. The number of nitrogens with one attached hydrogen (secondary N) is 1. The maximum Gasteiger partial charge on any atom is 0.373 e. The molecule has 1 aromatic heterocycles. The standard InChI is InChI=1S/C25H23N3O7/c1-3-32-23-12-17(8-10-21(23)33-15-19-9-11-22(35-19)25(30)31-2)14-27-28-24(29)16-34-20-7-5-4-6-18(20)13-26/h4-12,14H,3,15-16H2,1-2H3,(H,28,29)/b27-14+. The van der Waals surface area contributed by atoms with E-state index in [4.69, 9.17) is 23.9 Å². The Kier molecular flexibility index (Phi) is 8.85. The average Bonchev–Trinajstić information content (AvgIpc) is 3.36. The maximum atomic E-state index is 12.0. The molecule has 0 bridgehead atoms. The van der Waals surface area contributed by atoms with Crippen molar-refractivity contribution in [3.05, 3.63) is 77.2 Å². The smallest absolute Gasteiger partial charge is 0.373 e. The summed E-state index contributed by atoms with van der Waals surface area (Å²) >= 11 is 0. The number of nitriles is 1. The fourth-order valence-electron chi connectivity index (χ4n) is 2.85. The molecule has 0 spiro atoms. The molecule has 0 unspecified atom stereocenters. The van der Waals surface area contributed by atoms with Gasteiger partial charge in [-0.15, -0.1) is 0 Å². The van der Waals surface area contributed by atoms with Crippen LogP contribution in [0.1, 0.15) is 34.4 Å². The lowest BCUT2D eigenvalue weighted by Gasteiger charge is -2.11. The van der Waals surface area contributed by atoms with Crippen molar-refractivity contribution in [3.8, 4) is 23.3 Å². The van der Waals surface area contributed by atoms with Crippen LogP contribution in [0.5, 0.6) is 17.2 Å². The zero-order valence-corrected chi connectivity index (χ0v) is 19.1. The quantitative estimate of drug-likeness (QED) is 0.252. The molecule has 0 aliphatic carbocycles. The number of para-hydroxylation sites is 1. The van der Waals surface area contributed by atoms with Gasteiger partial charge in [0.25, 0.3) is 5.91 Å². The summed E-state index contributed by atoms with van der Waals surface area (Å²) in [5.41, 5.74) is 3.36. The van der Waals surface area contributed by atoms with Crippen molar-refractivity contribution in [2.45, 2.75) is 13.5 Å².